The first-order valence-electron chi connectivity index (χ1n) is 5.79. The van der Waals surface area contributed by atoms with Crippen LogP contribution in [0.4, 0.5) is 5.69 Å². The molecule has 0 atom stereocenters. The molecule has 6 heteroatoms. The molecule has 5 N–H and O–H groups in total. The number of anilines is 1. The van der Waals surface area contributed by atoms with Crippen molar-refractivity contribution in [3.8, 4) is 11.5 Å². The number of benzene rings is 2. The van der Waals surface area contributed by atoms with Gasteiger partial charge in [0.05, 0.1) is 5.69 Å². The molecule has 1 amide bonds. The van der Waals surface area contributed by atoms with Crippen LogP contribution in [0.2, 0.25) is 0 Å². The van der Waals surface area contributed by atoms with E-state index in [0.717, 1.165) is 0 Å². The number of nitrogens with two attached hydrogens (primary N) is 2. The fraction of sp³-hybridized carbons (Fsp3) is 0. The van der Waals surface area contributed by atoms with Gasteiger partial charge in [0.15, 0.2) is 10.9 Å². The van der Waals surface area contributed by atoms with Crippen molar-refractivity contribution in [2.24, 2.45) is 11.5 Å². The third-order valence-corrected chi connectivity index (χ3v) is 2.60. The minimum atomic E-state index is -0.540. The predicted octanol–water partition coefficient (Wildman–Crippen LogP) is 2.23. The highest BCUT2D eigenvalue weighted by atomic mass is 32.1. The molecule has 2 aromatic rings. The van der Waals surface area contributed by atoms with Crippen LogP contribution in [0.3, 0.4) is 0 Å². The minimum absolute atomic E-state index is 0.0736. The van der Waals surface area contributed by atoms with Gasteiger partial charge in [-0.25, -0.2) is 0 Å². The molecular weight excluding hydrogens is 274 g/mol. The van der Waals surface area contributed by atoms with E-state index in [2.05, 4.69) is 5.32 Å². The molecule has 102 valence electrons. The highest BCUT2D eigenvalue weighted by Gasteiger charge is 2.09. The second-order valence-corrected chi connectivity index (χ2v) is 4.42. The topological polar surface area (TPSA) is 90.4 Å². The Bertz CT molecular complexity index is 644. The number of amides is 1. The van der Waals surface area contributed by atoms with Crippen molar-refractivity contribution < 1.29 is 9.53 Å². The summed E-state index contributed by atoms with van der Waals surface area (Å²) < 4.78 is 5.72. The Kier molecular flexibility index (Phi) is 4.17. The van der Waals surface area contributed by atoms with Crippen LogP contribution in [-0.4, -0.2) is 11.0 Å². The summed E-state index contributed by atoms with van der Waals surface area (Å²) >= 11 is 4.81. The van der Waals surface area contributed by atoms with E-state index in [1.54, 1.807) is 18.2 Å². The zero-order valence-corrected chi connectivity index (χ0v) is 11.3. The van der Waals surface area contributed by atoms with E-state index in [-0.39, 0.29) is 5.11 Å². The van der Waals surface area contributed by atoms with Crippen molar-refractivity contribution in [3.63, 3.8) is 0 Å². The first-order chi connectivity index (χ1) is 9.56. The monoisotopic (exact) mass is 287 g/mol. The molecule has 2 aromatic carbocycles. The lowest BCUT2D eigenvalue weighted by molar-refractivity contribution is 0.100. The smallest absolute Gasteiger partial charge is 0.248 e. The summed E-state index contributed by atoms with van der Waals surface area (Å²) in [5.41, 5.74) is 11.5. The largest absolute Gasteiger partial charge is 0.455 e. The Hall–Kier alpha value is -2.60. The van der Waals surface area contributed by atoms with Crippen LogP contribution in [0.1, 0.15) is 10.4 Å². The van der Waals surface area contributed by atoms with Crippen LogP contribution in [0.25, 0.3) is 0 Å². The molecule has 0 aliphatic carbocycles. The molecule has 0 unspecified atom stereocenters. The van der Waals surface area contributed by atoms with Gasteiger partial charge in [-0.3, -0.25) is 4.79 Å². The van der Waals surface area contributed by atoms with Gasteiger partial charge in [-0.1, -0.05) is 18.2 Å². The van der Waals surface area contributed by atoms with E-state index in [9.17, 15) is 4.79 Å². The van der Waals surface area contributed by atoms with E-state index < -0.39 is 5.91 Å². The summed E-state index contributed by atoms with van der Waals surface area (Å²) in [7, 11) is 0. The van der Waals surface area contributed by atoms with Gasteiger partial charge in [0.25, 0.3) is 0 Å². The quantitative estimate of drug-likeness (QED) is 0.750. The number of nitrogens with one attached hydrogen (secondary N) is 1. The van der Waals surface area contributed by atoms with Gasteiger partial charge in [0.1, 0.15) is 5.75 Å². The number of hydrogen-bond donors (Lipinski definition) is 3. The fourth-order valence-corrected chi connectivity index (χ4v) is 1.73. The van der Waals surface area contributed by atoms with Gasteiger partial charge in [-0.2, -0.15) is 0 Å². The van der Waals surface area contributed by atoms with Gasteiger partial charge >= 0.3 is 0 Å². The molecule has 2 rings (SSSR count). The first-order valence-corrected chi connectivity index (χ1v) is 6.20. The Balaban J connectivity index is 2.36. The third kappa shape index (κ3) is 3.46. The molecule has 5 nitrogen and oxygen atoms in total. The summed E-state index contributed by atoms with van der Waals surface area (Å²) in [5.74, 6) is 0.613. The Labute approximate surface area is 121 Å². The fourth-order valence-electron chi connectivity index (χ4n) is 1.62. The highest BCUT2D eigenvalue weighted by molar-refractivity contribution is 7.80. The number of para-hydroxylation sites is 1. The Morgan fingerprint density at radius 3 is 2.40 bits per heavy atom. The molecule has 0 aromatic heterocycles. The summed E-state index contributed by atoms with van der Waals surface area (Å²) in [6, 6.07) is 14.0. The van der Waals surface area contributed by atoms with Crippen LogP contribution in [0.5, 0.6) is 11.5 Å². The van der Waals surface area contributed by atoms with E-state index in [1.807, 2.05) is 30.3 Å². The number of thiocarbonyl (C=S) groups is 1. The summed E-state index contributed by atoms with van der Waals surface area (Å²) in [5, 5.41) is 2.84. The lowest BCUT2D eigenvalue weighted by Gasteiger charge is -2.13. The molecule has 0 radical (unpaired) electrons. The zero-order chi connectivity index (χ0) is 14.5. The second-order valence-electron chi connectivity index (χ2n) is 3.98. The minimum Gasteiger partial charge on any atom is -0.455 e. The average molecular weight is 287 g/mol. The van der Waals surface area contributed by atoms with Gasteiger partial charge in [0, 0.05) is 5.56 Å². The van der Waals surface area contributed by atoms with Crippen molar-refractivity contribution in [2.75, 3.05) is 5.32 Å². The van der Waals surface area contributed by atoms with Crippen LogP contribution in [-0.2, 0) is 0 Å². The molecule has 0 fully saturated rings. The van der Waals surface area contributed by atoms with Gasteiger partial charge < -0.3 is 21.5 Å². The predicted molar refractivity (Wildman–Crippen MR) is 81.9 cm³/mol. The van der Waals surface area contributed by atoms with Crippen molar-refractivity contribution >= 4 is 28.9 Å². The van der Waals surface area contributed by atoms with Crippen LogP contribution in [0.15, 0.2) is 48.5 Å². The highest BCUT2D eigenvalue weighted by Crippen LogP contribution is 2.30. The average Bonchev–Trinajstić information content (AvgIpc) is 2.41. The molecule has 0 saturated carbocycles. The van der Waals surface area contributed by atoms with Crippen molar-refractivity contribution in [1.29, 1.82) is 0 Å². The van der Waals surface area contributed by atoms with E-state index >= 15 is 0 Å². The zero-order valence-electron chi connectivity index (χ0n) is 10.5. The number of carbonyl (C=O) groups is 1. The SMILES string of the molecule is NC(=O)c1ccc(Oc2ccccc2)c(NC(N)=S)c1. The van der Waals surface area contributed by atoms with Crippen LogP contribution >= 0.6 is 12.2 Å². The molecule has 0 aliphatic heterocycles. The number of hydrogen-bond acceptors (Lipinski definition) is 3. The Morgan fingerprint density at radius 1 is 1.10 bits per heavy atom. The number of rotatable bonds is 4. The van der Waals surface area contributed by atoms with Gasteiger partial charge in [-0.05, 0) is 42.5 Å². The third-order valence-electron chi connectivity index (χ3n) is 2.49. The molecule has 0 saturated heterocycles. The number of carbonyl (C=O) groups excluding carboxylic acids is 1. The van der Waals surface area contributed by atoms with Crippen LogP contribution < -0.4 is 21.5 Å². The molecule has 20 heavy (non-hydrogen) atoms. The Morgan fingerprint density at radius 2 is 1.80 bits per heavy atom. The van der Waals surface area contributed by atoms with Gasteiger partial charge in [0.2, 0.25) is 5.91 Å². The maximum Gasteiger partial charge on any atom is 0.248 e. The lowest BCUT2D eigenvalue weighted by Crippen LogP contribution is -2.20. The van der Waals surface area contributed by atoms with E-state index in [0.29, 0.717) is 22.7 Å². The molecule has 0 spiro atoms. The first kappa shape index (κ1) is 13.8. The summed E-state index contributed by atoms with van der Waals surface area (Å²) in [4.78, 5) is 11.2. The van der Waals surface area contributed by atoms with Gasteiger partial charge in [-0.15, -0.1) is 0 Å². The number of primary amides is 1. The maximum atomic E-state index is 11.2. The normalized spacial score (nSPS) is 9.80. The summed E-state index contributed by atoms with van der Waals surface area (Å²) in [6.07, 6.45) is 0. The van der Waals surface area contributed by atoms with Crippen molar-refractivity contribution in [3.05, 3.63) is 54.1 Å². The summed E-state index contributed by atoms with van der Waals surface area (Å²) in [6.45, 7) is 0. The molecular formula is C14H13N3O2S. The molecule has 0 aliphatic rings. The molecule has 0 heterocycles. The maximum absolute atomic E-state index is 11.2. The van der Waals surface area contributed by atoms with Crippen LogP contribution in [0, 0.1) is 0 Å². The van der Waals surface area contributed by atoms with Crippen molar-refractivity contribution in [1.82, 2.24) is 0 Å². The standard InChI is InChI=1S/C14H13N3O2S/c15-13(18)9-6-7-12(11(8-9)17-14(16)20)19-10-4-2-1-3-5-10/h1-8H,(H2,15,18)(H3,16,17,20). The van der Waals surface area contributed by atoms with E-state index in [4.69, 9.17) is 28.4 Å². The van der Waals surface area contributed by atoms with E-state index in [1.165, 1.54) is 0 Å². The van der Waals surface area contributed by atoms with Crippen molar-refractivity contribution in [2.45, 2.75) is 0 Å². The lowest BCUT2D eigenvalue weighted by atomic mass is 10.1. The second kappa shape index (κ2) is 6.03. The molecule has 0 bridgehead atoms. The number of ether oxygens (including phenoxy) is 1.